The summed E-state index contributed by atoms with van der Waals surface area (Å²) in [4.78, 5) is 3.98. The molecule has 5 heteroatoms. The molecule has 0 atom stereocenters. The quantitative estimate of drug-likeness (QED) is 0.754. The molecule has 0 aliphatic carbocycles. The molecule has 4 nitrogen and oxygen atoms in total. The summed E-state index contributed by atoms with van der Waals surface area (Å²) >= 11 is 0. The lowest BCUT2D eigenvalue weighted by atomic mass is 10.2. The van der Waals surface area contributed by atoms with Crippen LogP contribution in [-0.4, -0.2) is 22.7 Å². The number of rotatable bonds is 8. The van der Waals surface area contributed by atoms with Crippen LogP contribution in [-0.2, 0) is 13.1 Å². The van der Waals surface area contributed by atoms with Crippen LogP contribution < -0.4 is 10.1 Å². The third kappa shape index (κ3) is 4.66. The Balaban J connectivity index is 1.80. The molecule has 0 fully saturated rings. The zero-order valence-corrected chi connectivity index (χ0v) is 11.7. The fourth-order valence-corrected chi connectivity index (χ4v) is 1.93. The standard InChI is InChI=1S/C15H20FN3O/c1-2-17-11-13-8-14(16)10-15(9-13)20-7-3-5-19-6-4-18-12-19/h4,6,8-10,12,17H,2-3,5,7,11H2,1H3. The molecule has 1 aromatic carbocycles. The Morgan fingerprint density at radius 1 is 1.35 bits per heavy atom. The first-order chi connectivity index (χ1) is 9.78. The molecule has 0 spiro atoms. The van der Waals surface area contributed by atoms with E-state index in [2.05, 4.69) is 10.3 Å². The molecule has 108 valence electrons. The molecule has 1 aromatic heterocycles. The van der Waals surface area contributed by atoms with Gasteiger partial charge in [0.25, 0.3) is 0 Å². The van der Waals surface area contributed by atoms with Gasteiger partial charge in [0.05, 0.1) is 12.9 Å². The molecule has 0 saturated carbocycles. The molecule has 2 rings (SSSR count). The number of benzene rings is 1. The molecule has 0 radical (unpaired) electrons. The largest absolute Gasteiger partial charge is 0.493 e. The molecule has 0 unspecified atom stereocenters. The first-order valence-corrected chi connectivity index (χ1v) is 6.86. The van der Waals surface area contributed by atoms with Crippen molar-refractivity contribution in [1.82, 2.24) is 14.9 Å². The van der Waals surface area contributed by atoms with E-state index in [1.165, 1.54) is 12.1 Å². The van der Waals surface area contributed by atoms with Gasteiger partial charge in [-0.2, -0.15) is 0 Å². The molecular weight excluding hydrogens is 257 g/mol. The van der Waals surface area contributed by atoms with E-state index < -0.39 is 0 Å². The van der Waals surface area contributed by atoms with Gasteiger partial charge in [0.15, 0.2) is 0 Å². The number of imidazole rings is 1. The first-order valence-electron chi connectivity index (χ1n) is 6.86. The number of ether oxygens (including phenoxy) is 1. The zero-order valence-electron chi connectivity index (χ0n) is 11.7. The van der Waals surface area contributed by atoms with Crippen molar-refractivity contribution >= 4 is 0 Å². The average molecular weight is 277 g/mol. The number of hydrogen-bond acceptors (Lipinski definition) is 3. The highest BCUT2D eigenvalue weighted by Gasteiger charge is 2.02. The number of aryl methyl sites for hydroxylation is 1. The van der Waals surface area contributed by atoms with Gasteiger partial charge < -0.3 is 14.6 Å². The maximum atomic E-state index is 13.5. The summed E-state index contributed by atoms with van der Waals surface area (Å²) in [6, 6.07) is 4.83. The van der Waals surface area contributed by atoms with Crippen LogP contribution in [0.4, 0.5) is 4.39 Å². The molecule has 0 aliphatic heterocycles. The van der Waals surface area contributed by atoms with Crippen LogP contribution >= 0.6 is 0 Å². The van der Waals surface area contributed by atoms with E-state index in [1.807, 2.05) is 23.8 Å². The minimum Gasteiger partial charge on any atom is -0.493 e. The van der Waals surface area contributed by atoms with E-state index >= 15 is 0 Å². The van der Waals surface area contributed by atoms with Crippen molar-refractivity contribution in [2.24, 2.45) is 0 Å². The Bertz CT molecular complexity index is 514. The Morgan fingerprint density at radius 3 is 3.00 bits per heavy atom. The molecule has 0 aliphatic rings. The number of hydrogen-bond donors (Lipinski definition) is 1. The Morgan fingerprint density at radius 2 is 2.25 bits per heavy atom. The number of nitrogens with zero attached hydrogens (tertiary/aromatic N) is 2. The predicted molar refractivity (Wildman–Crippen MR) is 76.1 cm³/mol. The van der Waals surface area contributed by atoms with Gasteiger partial charge in [0.2, 0.25) is 0 Å². The van der Waals surface area contributed by atoms with Crippen LogP contribution in [0.2, 0.25) is 0 Å². The lowest BCUT2D eigenvalue weighted by molar-refractivity contribution is 0.300. The van der Waals surface area contributed by atoms with E-state index in [0.717, 1.165) is 25.1 Å². The van der Waals surface area contributed by atoms with E-state index in [0.29, 0.717) is 18.9 Å². The van der Waals surface area contributed by atoms with Crippen molar-refractivity contribution in [2.75, 3.05) is 13.2 Å². The minimum atomic E-state index is -0.259. The van der Waals surface area contributed by atoms with Gasteiger partial charge in [-0.25, -0.2) is 9.37 Å². The highest BCUT2D eigenvalue weighted by molar-refractivity contribution is 5.29. The van der Waals surface area contributed by atoms with Gasteiger partial charge in [-0.05, 0) is 30.7 Å². The molecule has 2 aromatic rings. The van der Waals surface area contributed by atoms with Crippen molar-refractivity contribution < 1.29 is 9.13 Å². The normalized spacial score (nSPS) is 10.7. The van der Waals surface area contributed by atoms with E-state index in [1.54, 1.807) is 12.5 Å². The first kappa shape index (κ1) is 14.5. The van der Waals surface area contributed by atoms with Crippen LogP contribution in [0, 0.1) is 5.82 Å². The van der Waals surface area contributed by atoms with Crippen LogP contribution in [0.3, 0.4) is 0 Å². The highest BCUT2D eigenvalue weighted by Crippen LogP contribution is 2.16. The second kappa shape index (κ2) is 7.65. The molecule has 20 heavy (non-hydrogen) atoms. The summed E-state index contributed by atoms with van der Waals surface area (Å²) in [5.41, 5.74) is 0.899. The highest BCUT2D eigenvalue weighted by atomic mass is 19.1. The Kier molecular flexibility index (Phi) is 5.55. The third-order valence-electron chi connectivity index (χ3n) is 2.90. The van der Waals surface area contributed by atoms with Gasteiger partial charge in [-0.3, -0.25) is 0 Å². The Hall–Kier alpha value is -1.88. The fraction of sp³-hybridized carbons (Fsp3) is 0.400. The smallest absolute Gasteiger partial charge is 0.127 e. The molecule has 0 bridgehead atoms. The summed E-state index contributed by atoms with van der Waals surface area (Å²) in [5.74, 6) is 0.327. The van der Waals surface area contributed by atoms with Crippen LogP contribution in [0.5, 0.6) is 5.75 Å². The summed E-state index contributed by atoms with van der Waals surface area (Å²) in [6.07, 6.45) is 6.29. The summed E-state index contributed by atoms with van der Waals surface area (Å²) in [7, 11) is 0. The second-order valence-electron chi connectivity index (χ2n) is 4.58. The monoisotopic (exact) mass is 277 g/mol. The second-order valence-corrected chi connectivity index (χ2v) is 4.58. The molecule has 1 heterocycles. The van der Waals surface area contributed by atoms with Gasteiger partial charge >= 0.3 is 0 Å². The van der Waals surface area contributed by atoms with Crippen molar-refractivity contribution in [3.63, 3.8) is 0 Å². The van der Waals surface area contributed by atoms with Crippen molar-refractivity contribution in [3.05, 3.63) is 48.3 Å². The van der Waals surface area contributed by atoms with E-state index in [-0.39, 0.29) is 5.82 Å². The lowest BCUT2D eigenvalue weighted by Gasteiger charge is -2.09. The number of halogens is 1. The van der Waals surface area contributed by atoms with Gasteiger partial charge in [-0.15, -0.1) is 0 Å². The SMILES string of the molecule is CCNCc1cc(F)cc(OCCCn2ccnc2)c1. The maximum Gasteiger partial charge on any atom is 0.127 e. The van der Waals surface area contributed by atoms with Gasteiger partial charge in [0, 0.05) is 31.5 Å². The Labute approximate surface area is 118 Å². The summed E-state index contributed by atoms with van der Waals surface area (Å²) < 4.78 is 21.1. The zero-order chi connectivity index (χ0) is 14.2. The molecule has 0 saturated heterocycles. The van der Waals surface area contributed by atoms with Gasteiger partial charge in [0.1, 0.15) is 11.6 Å². The summed E-state index contributed by atoms with van der Waals surface area (Å²) in [6.45, 7) is 4.94. The van der Waals surface area contributed by atoms with Crippen molar-refractivity contribution in [1.29, 1.82) is 0 Å². The van der Waals surface area contributed by atoms with E-state index in [4.69, 9.17) is 4.74 Å². The third-order valence-corrected chi connectivity index (χ3v) is 2.90. The molecule has 1 N–H and O–H groups in total. The predicted octanol–water partition coefficient (Wildman–Crippen LogP) is 2.60. The summed E-state index contributed by atoms with van der Waals surface area (Å²) in [5, 5.41) is 3.17. The lowest BCUT2D eigenvalue weighted by Crippen LogP contribution is -2.12. The molecular formula is C15H20FN3O. The van der Waals surface area contributed by atoms with Crippen LogP contribution in [0.25, 0.3) is 0 Å². The fourth-order valence-electron chi connectivity index (χ4n) is 1.93. The topological polar surface area (TPSA) is 39.1 Å². The minimum absolute atomic E-state index is 0.259. The van der Waals surface area contributed by atoms with Crippen LogP contribution in [0.1, 0.15) is 18.9 Å². The maximum absolute atomic E-state index is 13.5. The van der Waals surface area contributed by atoms with Crippen LogP contribution in [0.15, 0.2) is 36.9 Å². The van der Waals surface area contributed by atoms with E-state index in [9.17, 15) is 4.39 Å². The number of nitrogens with one attached hydrogen (secondary N) is 1. The van der Waals surface area contributed by atoms with Crippen molar-refractivity contribution in [2.45, 2.75) is 26.4 Å². The molecule has 0 amide bonds. The average Bonchev–Trinajstić information content (AvgIpc) is 2.94. The van der Waals surface area contributed by atoms with Crippen molar-refractivity contribution in [3.8, 4) is 5.75 Å². The van der Waals surface area contributed by atoms with Gasteiger partial charge in [-0.1, -0.05) is 6.92 Å². The number of aromatic nitrogens is 2.